The predicted octanol–water partition coefficient (Wildman–Crippen LogP) is 6.16. The van der Waals surface area contributed by atoms with E-state index in [1.54, 1.807) is 0 Å². The monoisotopic (exact) mass is 330 g/mol. The van der Waals surface area contributed by atoms with Crippen LogP contribution in [0.5, 0.6) is 0 Å². The van der Waals surface area contributed by atoms with Crippen LogP contribution in [-0.4, -0.2) is 5.78 Å². The molecular formula is C24H26O. The van der Waals surface area contributed by atoms with Crippen LogP contribution in [0.15, 0.2) is 42.5 Å². The van der Waals surface area contributed by atoms with E-state index in [9.17, 15) is 4.79 Å². The number of carbonyl (C=O) groups is 1. The Hall–Kier alpha value is -1.89. The summed E-state index contributed by atoms with van der Waals surface area (Å²) in [6, 6.07) is 11.2. The third-order valence-corrected chi connectivity index (χ3v) is 7.34. The number of fused-ring (bicyclic) bond motifs is 6. The first-order valence-electron chi connectivity index (χ1n) is 9.91. The summed E-state index contributed by atoms with van der Waals surface area (Å²) >= 11 is 0. The van der Waals surface area contributed by atoms with Crippen LogP contribution < -0.4 is 0 Å². The standard InChI is InChI=1S/C24H26O/c1-3-15(2)19-6-4-5-17-12-21-22(13-20(17)19)24(10-9-23(21)25)14-16-7-8-18(24)11-16/h4-8,12-13,15-16,18H,3,9-11,14H2,1-2H3. The fourth-order valence-corrected chi connectivity index (χ4v) is 5.80. The van der Waals surface area contributed by atoms with Crippen LogP contribution in [-0.2, 0) is 5.41 Å². The first-order valence-corrected chi connectivity index (χ1v) is 9.91. The van der Waals surface area contributed by atoms with Gasteiger partial charge in [-0.25, -0.2) is 0 Å². The molecule has 0 heterocycles. The van der Waals surface area contributed by atoms with Gasteiger partial charge in [0.05, 0.1) is 0 Å². The third-order valence-electron chi connectivity index (χ3n) is 7.34. The molecular weight excluding hydrogens is 304 g/mol. The summed E-state index contributed by atoms with van der Waals surface area (Å²) < 4.78 is 0. The highest BCUT2D eigenvalue weighted by molar-refractivity contribution is 6.03. The molecule has 0 radical (unpaired) electrons. The fourth-order valence-electron chi connectivity index (χ4n) is 5.80. The molecule has 0 aliphatic heterocycles. The molecule has 25 heavy (non-hydrogen) atoms. The zero-order valence-corrected chi connectivity index (χ0v) is 15.2. The van der Waals surface area contributed by atoms with Gasteiger partial charge in [-0.2, -0.15) is 0 Å². The maximum Gasteiger partial charge on any atom is 0.163 e. The van der Waals surface area contributed by atoms with Gasteiger partial charge in [-0.15, -0.1) is 0 Å². The number of allylic oxidation sites excluding steroid dienone is 2. The number of hydrogen-bond donors (Lipinski definition) is 0. The lowest BCUT2D eigenvalue weighted by molar-refractivity contribution is 0.0944. The highest BCUT2D eigenvalue weighted by Crippen LogP contribution is 2.58. The number of rotatable bonds is 2. The van der Waals surface area contributed by atoms with Crippen molar-refractivity contribution in [2.75, 3.05) is 0 Å². The van der Waals surface area contributed by atoms with Gasteiger partial charge in [-0.1, -0.05) is 44.2 Å². The van der Waals surface area contributed by atoms with Crippen molar-refractivity contribution in [1.82, 2.24) is 0 Å². The zero-order valence-electron chi connectivity index (χ0n) is 15.2. The summed E-state index contributed by atoms with van der Waals surface area (Å²) in [5, 5.41) is 2.61. The van der Waals surface area contributed by atoms with E-state index in [1.165, 1.54) is 34.7 Å². The number of benzene rings is 2. The largest absolute Gasteiger partial charge is 0.294 e. The minimum absolute atomic E-state index is 0.222. The van der Waals surface area contributed by atoms with Crippen LogP contribution in [0.1, 0.15) is 73.4 Å². The second kappa shape index (κ2) is 5.30. The van der Waals surface area contributed by atoms with Crippen molar-refractivity contribution in [3.63, 3.8) is 0 Å². The number of hydrogen-bond acceptors (Lipinski definition) is 1. The number of ketones is 1. The van der Waals surface area contributed by atoms with Crippen molar-refractivity contribution in [1.29, 1.82) is 0 Å². The van der Waals surface area contributed by atoms with Gasteiger partial charge in [-0.05, 0) is 77.5 Å². The van der Waals surface area contributed by atoms with Gasteiger partial charge in [-0.3, -0.25) is 4.79 Å². The average Bonchev–Trinajstić information content (AvgIpc) is 3.24. The summed E-state index contributed by atoms with van der Waals surface area (Å²) in [5.74, 6) is 2.27. The van der Waals surface area contributed by atoms with Crippen LogP contribution in [0.25, 0.3) is 10.8 Å². The molecule has 0 saturated heterocycles. The quantitative estimate of drug-likeness (QED) is 0.602. The molecule has 1 spiro atoms. The molecule has 2 aromatic carbocycles. The maximum atomic E-state index is 12.7. The number of Topliss-reactive ketones (excluding diaryl/α,β-unsaturated/α-hetero) is 1. The van der Waals surface area contributed by atoms with Gasteiger partial charge >= 0.3 is 0 Å². The van der Waals surface area contributed by atoms with Crippen LogP contribution in [0, 0.1) is 11.8 Å². The molecule has 128 valence electrons. The summed E-state index contributed by atoms with van der Waals surface area (Å²) in [6.45, 7) is 4.57. The van der Waals surface area contributed by atoms with Crippen molar-refractivity contribution < 1.29 is 4.79 Å². The van der Waals surface area contributed by atoms with Gasteiger partial charge < -0.3 is 0 Å². The topological polar surface area (TPSA) is 17.1 Å². The van der Waals surface area contributed by atoms with Crippen LogP contribution in [0.4, 0.5) is 0 Å². The SMILES string of the molecule is CCC(C)c1cccc2cc3c(cc12)C1(CCC3=O)CC2C=CC1C2. The summed E-state index contributed by atoms with van der Waals surface area (Å²) in [6.07, 6.45) is 10.3. The molecule has 2 aromatic rings. The second-order valence-corrected chi connectivity index (χ2v) is 8.55. The Balaban J connectivity index is 1.78. The molecule has 0 aromatic heterocycles. The second-order valence-electron chi connectivity index (χ2n) is 8.55. The van der Waals surface area contributed by atoms with E-state index < -0.39 is 0 Å². The average molecular weight is 330 g/mol. The van der Waals surface area contributed by atoms with E-state index in [4.69, 9.17) is 0 Å². The molecule has 2 bridgehead atoms. The lowest BCUT2D eigenvalue weighted by atomic mass is 9.62. The predicted molar refractivity (Wildman–Crippen MR) is 103 cm³/mol. The molecule has 3 aliphatic carbocycles. The molecule has 0 N–H and O–H groups in total. The Morgan fingerprint density at radius 1 is 1.24 bits per heavy atom. The molecule has 5 rings (SSSR count). The van der Waals surface area contributed by atoms with E-state index in [0.29, 0.717) is 17.6 Å². The van der Waals surface area contributed by atoms with Gasteiger partial charge in [0, 0.05) is 17.4 Å². The first kappa shape index (κ1) is 15.4. The van der Waals surface area contributed by atoms with Gasteiger partial charge in [0.2, 0.25) is 0 Å². The van der Waals surface area contributed by atoms with Crippen molar-refractivity contribution in [3.05, 3.63) is 59.2 Å². The lowest BCUT2D eigenvalue weighted by Gasteiger charge is -2.41. The van der Waals surface area contributed by atoms with E-state index in [0.717, 1.165) is 30.7 Å². The zero-order chi connectivity index (χ0) is 17.2. The van der Waals surface area contributed by atoms with Crippen molar-refractivity contribution in [2.45, 2.75) is 57.3 Å². The third kappa shape index (κ3) is 2.05. The van der Waals surface area contributed by atoms with Crippen LogP contribution in [0.3, 0.4) is 0 Å². The van der Waals surface area contributed by atoms with Gasteiger partial charge in [0.15, 0.2) is 5.78 Å². The smallest absolute Gasteiger partial charge is 0.163 e. The Kier molecular flexibility index (Phi) is 3.26. The Morgan fingerprint density at radius 3 is 2.84 bits per heavy atom. The molecule has 4 unspecified atom stereocenters. The Bertz CT molecular complexity index is 906. The number of carbonyl (C=O) groups excluding carboxylic acids is 1. The lowest BCUT2D eigenvalue weighted by Crippen LogP contribution is -2.37. The molecule has 1 saturated carbocycles. The molecule has 1 heteroatoms. The maximum absolute atomic E-state index is 12.7. The molecule has 1 nitrogen and oxygen atoms in total. The molecule has 1 fully saturated rings. The molecule has 0 amide bonds. The Morgan fingerprint density at radius 2 is 2.12 bits per heavy atom. The minimum atomic E-state index is 0.222. The molecule has 3 aliphatic rings. The van der Waals surface area contributed by atoms with Crippen molar-refractivity contribution in [3.8, 4) is 0 Å². The van der Waals surface area contributed by atoms with Gasteiger partial charge in [0.25, 0.3) is 0 Å². The Labute approximate surface area is 150 Å². The summed E-state index contributed by atoms with van der Waals surface area (Å²) in [5.41, 5.74) is 4.04. The van der Waals surface area contributed by atoms with Crippen molar-refractivity contribution >= 4 is 16.6 Å². The van der Waals surface area contributed by atoms with E-state index in [1.807, 2.05) is 0 Å². The van der Waals surface area contributed by atoms with Crippen LogP contribution >= 0.6 is 0 Å². The molecule has 4 atom stereocenters. The van der Waals surface area contributed by atoms with Crippen molar-refractivity contribution in [2.24, 2.45) is 11.8 Å². The van der Waals surface area contributed by atoms with E-state index >= 15 is 0 Å². The van der Waals surface area contributed by atoms with E-state index in [2.05, 4.69) is 56.3 Å². The first-order chi connectivity index (χ1) is 12.1. The van der Waals surface area contributed by atoms with Crippen LogP contribution in [0.2, 0.25) is 0 Å². The highest BCUT2D eigenvalue weighted by Gasteiger charge is 2.52. The van der Waals surface area contributed by atoms with Gasteiger partial charge in [0.1, 0.15) is 0 Å². The summed E-state index contributed by atoms with van der Waals surface area (Å²) in [4.78, 5) is 12.7. The van der Waals surface area contributed by atoms with E-state index in [-0.39, 0.29) is 5.41 Å². The minimum Gasteiger partial charge on any atom is -0.294 e. The fraction of sp³-hybridized carbons (Fsp3) is 0.458. The summed E-state index contributed by atoms with van der Waals surface area (Å²) in [7, 11) is 0. The normalized spacial score (nSPS) is 31.0. The highest BCUT2D eigenvalue weighted by atomic mass is 16.1.